The van der Waals surface area contributed by atoms with Gasteiger partial charge in [-0.15, -0.1) is 6.58 Å². The zero-order valence-electron chi connectivity index (χ0n) is 26.8. The third-order valence-corrected chi connectivity index (χ3v) is 7.87. The third-order valence-electron chi connectivity index (χ3n) is 7.87. The van der Waals surface area contributed by atoms with Crippen LogP contribution in [-0.4, -0.2) is 91.4 Å². The maximum absolute atomic E-state index is 14.0. The number of hydrogen-bond acceptors (Lipinski definition) is 7. The zero-order chi connectivity index (χ0) is 32.7. The molecule has 1 saturated heterocycles. The second-order valence-corrected chi connectivity index (χ2v) is 13.5. The Morgan fingerprint density at radius 1 is 1.00 bits per heavy atom. The molecule has 0 radical (unpaired) electrons. The molecule has 0 aromatic rings. The maximum atomic E-state index is 14.0. The van der Waals surface area contributed by atoms with Gasteiger partial charge in [-0.3, -0.25) is 19.2 Å². The molecule has 1 aliphatic carbocycles. The molecule has 1 aliphatic heterocycles. The number of piperidine rings is 1. The number of Topliss-reactive ketones (excluding diaryl/α,β-unsaturated/α-hetero) is 1. The van der Waals surface area contributed by atoms with Crippen molar-refractivity contribution in [3.63, 3.8) is 0 Å². The minimum absolute atomic E-state index is 0.0579. The van der Waals surface area contributed by atoms with E-state index in [4.69, 9.17) is 4.74 Å². The Hall–Kier alpha value is -3.64. The van der Waals surface area contributed by atoms with E-state index in [1.807, 2.05) is 48.5 Å². The molecule has 13 heteroatoms. The number of urea groups is 1. The molecule has 0 spiro atoms. The summed E-state index contributed by atoms with van der Waals surface area (Å²) >= 11 is 0. The van der Waals surface area contributed by atoms with E-state index in [1.54, 1.807) is 0 Å². The summed E-state index contributed by atoms with van der Waals surface area (Å²) in [6.45, 7) is 16.9. The Morgan fingerprint density at radius 3 is 2.19 bits per heavy atom. The number of likely N-dealkylation sites (tertiary alicyclic amines) is 1. The van der Waals surface area contributed by atoms with Gasteiger partial charge in [0.1, 0.15) is 18.7 Å². The Balaban J connectivity index is 2.20. The fourth-order valence-corrected chi connectivity index (χ4v) is 5.14. The average Bonchev–Trinajstić information content (AvgIpc) is 3.58. The number of amides is 6. The molecule has 0 aromatic heterocycles. The molecule has 13 nitrogen and oxygen atoms in total. The fraction of sp³-hybridized carbons (Fsp3) is 0.733. The van der Waals surface area contributed by atoms with E-state index < -0.39 is 70.6 Å². The first-order valence-corrected chi connectivity index (χ1v) is 14.9. The SMILES string of the molecule is C=CCNC(=O)C(=O)C(CCC)NC(=O)C1C2C[C@H]2CN1C(=O)C(NC(=O)N[C@H](COC(=O)NC)C(C)(C)C)C(C)(C)C. The van der Waals surface area contributed by atoms with Gasteiger partial charge < -0.3 is 36.2 Å². The second kappa shape index (κ2) is 14.7. The lowest BCUT2D eigenvalue weighted by Gasteiger charge is -2.37. The van der Waals surface area contributed by atoms with Crippen molar-refractivity contribution >= 4 is 35.6 Å². The van der Waals surface area contributed by atoms with Crippen LogP contribution < -0.4 is 26.6 Å². The van der Waals surface area contributed by atoms with Crippen LogP contribution in [0.25, 0.3) is 0 Å². The summed E-state index contributed by atoms with van der Waals surface area (Å²) in [6, 6.07) is -4.00. The van der Waals surface area contributed by atoms with Gasteiger partial charge in [0, 0.05) is 20.1 Å². The first-order valence-electron chi connectivity index (χ1n) is 14.9. The Kier molecular flexibility index (Phi) is 12.2. The van der Waals surface area contributed by atoms with Crippen LogP contribution in [0.15, 0.2) is 12.7 Å². The number of hydrogen-bond donors (Lipinski definition) is 5. The number of alkyl carbamates (subject to hydrolysis) is 1. The topological polar surface area (TPSA) is 175 Å². The monoisotopic (exact) mass is 606 g/mol. The smallest absolute Gasteiger partial charge is 0.406 e. The largest absolute Gasteiger partial charge is 0.447 e. The molecule has 4 unspecified atom stereocenters. The molecule has 43 heavy (non-hydrogen) atoms. The van der Waals surface area contributed by atoms with Crippen molar-refractivity contribution in [2.45, 2.75) is 91.9 Å². The van der Waals surface area contributed by atoms with Crippen molar-refractivity contribution in [3.05, 3.63) is 12.7 Å². The molecule has 2 aliphatic rings. The van der Waals surface area contributed by atoms with Gasteiger partial charge in [-0.1, -0.05) is 61.0 Å². The number of fused-ring (bicyclic) bond motifs is 1. The molecule has 2 fully saturated rings. The van der Waals surface area contributed by atoms with Gasteiger partial charge in [0.05, 0.1) is 12.1 Å². The molecular weight excluding hydrogens is 556 g/mol. The van der Waals surface area contributed by atoms with E-state index in [0.29, 0.717) is 13.0 Å². The van der Waals surface area contributed by atoms with Crippen LogP contribution in [-0.2, 0) is 23.9 Å². The van der Waals surface area contributed by atoms with Gasteiger partial charge in [0.2, 0.25) is 17.6 Å². The number of ketones is 1. The highest BCUT2D eigenvalue weighted by molar-refractivity contribution is 6.38. The van der Waals surface area contributed by atoms with Gasteiger partial charge in [-0.25, -0.2) is 9.59 Å². The summed E-state index contributed by atoms with van der Waals surface area (Å²) in [4.78, 5) is 79.0. The maximum Gasteiger partial charge on any atom is 0.406 e. The summed E-state index contributed by atoms with van der Waals surface area (Å²) in [5.41, 5.74) is -1.19. The summed E-state index contributed by atoms with van der Waals surface area (Å²) in [7, 11) is 1.44. The first-order chi connectivity index (χ1) is 20.0. The summed E-state index contributed by atoms with van der Waals surface area (Å²) in [5.74, 6) is -2.36. The van der Waals surface area contributed by atoms with E-state index in [0.717, 1.165) is 6.42 Å². The van der Waals surface area contributed by atoms with Crippen LogP contribution in [0.1, 0.15) is 67.7 Å². The Bertz CT molecular complexity index is 1080. The van der Waals surface area contributed by atoms with Gasteiger partial charge >= 0.3 is 12.1 Å². The first kappa shape index (κ1) is 35.6. The van der Waals surface area contributed by atoms with E-state index in [9.17, 15) is 28.8 Å². The van der Waals surface area contributed by atoms with E-state index >= 15 is 0 Å². The van der Waals surface area contributed by atoms with Crippen LogP contribution >= 0.6 is 0 Å². The van der Waals surface area contributed by atoms with Crippen molar-refractivity contribution in [1.29, 1.82) is 0 Å². The fourth-order valence-electron chi connectivity index (χ4n) is 5.14. The van der Waals surface area contributed by atoms with Gasteiger partial charge in [-0.2, -0.15) is 0 Å². The number of nitrogens with zero attached hydrogens (tertiary/aromatic N) is 1. The van der Waals surface area contributed by atoms with Crippen molar-refractivity contribution in [1.82, 2.24) is 31.5 Å². The molecule has 6 amide bonds. The zero-order valence-corrected chi connectivity index (χ0v) is 26.8. The van der Waals surface area contributed by atoms with Crippen molar-refractivity contribution < 1.29 is 33.5 Å². The Morgan fingerprint density at radius 2 is 1.65 bits per heavy atom. The van der Waals surface area contributed by atoms with Crippen LogP contribution in [0.3, 0.4) is 0 Å². The van der Waals surface area contributed by atoms with Crippen molar-refractivity contribution in [2.24, 2.45) is 22.7 Å². The molecule has 2 rings (SSSR count). The lowest BCUT2D eigenvalue weighted by molar-refractivity contribution is -0.144. The van der Waals surface area contributed by atoms with Crippen LogP contribution in [0, 0.1) is 22.7 Å². The second-order valence-electron chi connectivity index (χ2n) is 13.5. The number of ether oxygens (including phenoxy) is 1. The standard InChI is InChI=1S/C30H50N6O7/c1-10-12-19(22(37)25(39)32-13-11-2)33-24(38)21-18-14-17(18)15-36(21)26(40)23(30(6,7)8)35-27(41)34-20(29(3,4)5)16-43-28(42)31-9/h11,17-21,23H,2,10,12-16H2,1,3-9H3,(H,31,42)(H,32,39)(H,33,38)(H2,34,35,41)/t17-,18?,19?,20+,21?,23?/m0/s1. The minimum Gasteiger partial charge on any atom is -0.447 e. The lowest BCUT2D eigenvalue weighted by Crippen LogP contribution is -2.62. The predicted octanol–water partition coefficient (Wildman–Crippen LogP) is 1.47. The predicted molar refractivity (Wildman–Crippen MR) is 161 cm³/mol. The van der Waals surface area contributed by atoms with Crippen molar-refractivity contribution in [2.75, 3.05) is 26.7 Å². The molecule has 0 bridgehead atoms. The van der Waals surface area contributed by atoms with Crippen LogP contribution in [0.2, 0.25) is 0 Å². The molecule has 242 valence electrons. The normalized spacial score (nSPS) is 21.3. The third kappa shape index (κ3) is 9.69. The highest BCUT2D eigenvalue weighted by Crippen LogP contribution is 2.50. The van der Waals surface area contributed by atoms with E-state index in [-0.39, 0.29) is 31.4 Å². The molecular formula is C30H50N6O7. The van der Waals surface area contributed by atoms with Gasteiger partial charge in [-0.05, 0) is 35.5 Å². The summed E-state index contributed by atoms with van der Waals surface area (Å²) < 4.78 is 5.17. The number of carbonyl (C=O) groups excluding carboxylic acids is 6. The van der Waals surface area contributed by atoms with E-state index in [1.165, 1.54) is 18.0 Å². The Labute approximate surface area is 254 Å². The van der Waals surface area contributed by atoms with Crippen molar-refractivity contribution in [3.8, 4) is 0 Å². The number of nitrogens with one attached hydrogen (secondary N) is 5. The van der Waals surface area contributed by atoms with Crippen LogP contribution in [0.5, 0.6) is 0 Å². The lowest BCUT2D eigenvalue weighted by atomic mass is 9.85. The quantitative estimate of drug-likeness (QED) is 0.156. The molecule has 1 saturated carbocycles. The number of rotatable bonds is 13. The molecule has 5 N–H and O–H groups in total. The van der Waals surface area contributed by atoms with Gasteiger partial charge in [0.25, 0.3) is 5.91 Å². The van der Waals surface area contributed by atoms with Gasteiger partial charge in [0.15, 0.2) is 0 Å². The highest BCUT2D eigenvalue weighted by atomic mass is 16.5. The van der Waals surface area contributed by atoms with Crippen LogP contribution in [0.4, 0.5) is 9.59 Å². The molecule has 1 heterocycles. The van der Waals surface area contributed by atoms with E-state index in [2.05, 4.69) is 33.2 Å². The minimum atomic E-state index is -1.02. The summed E-state index contributed by atoms with van der Waals surface area (Å²) in [5, 5.41) is 13.2. The highest BCUT2D eigenvalue weighted by Gasteiger charge is 2.58. The number of carbonyl (C=O) groups is 6. The summed E-state index contributed by atoms with van der Waals surface area (Å²) in [6.07, 6.45) is 2.43. The molecule has 0 aromatic carbocycles. The average molecular weight is 607 g/mol. The molecule has 6 atom stereocenters.